The third-order valence-corrected chi connectivity index (χ3v) is 2.98. The van der Waals surface area contributed by atoms with Crippen molar-refractivity contribution in [3.05, 3.63) is 78.9 Å². The number of benzene rings is 2. The SMILES string of the molecule is c1ccc(N/N=C(\Cn2cncn2)c2ccccc2)cc1. The summed E-state index contributed by atoms with van der Waals surface area (Å²) < 4.78 is 1.75. The van der Waals surface area contributed by atoms with E-state index < -0.39 is 0 Å². The van der Waals surface area contributed by atoms with E-state index in [0.29, 0.717) is 6.54 Å². The summed E-state index contributed by atoms with van der Waals surface area (Å²) in [5.41, 5.74) is 5.98. The monoisotopic (exact) mass is 277 g/mol. The van der Waals surface area contributed by atoms with Gasteiger partial charge in [-0.2, -0.15) is 10.2 Å². The first kappa shape index (κ1) is 13.1. The molecule has 1 N–H and O–H groups in total. The number of hydrazone groups is 1. The van der Waals surface area contributed by atoms with Gasteiger partial charge in [-0.25, -0.2) is 9.67 Å². The number of hydrogen-bond acceptors (Lipinski definition) is 4. The first-order chi connectivity index (χ1) is 10.4. The van der Waals surface area contributed by atoms with Gasteiger partial charge in [-0.15, -0.1) is 0 Å². The quantitative estimate of drug-likeness (QED) is 0.576. The summed E-state index contributed by atoms with van der Waals surface area (Å²) in [6.07, 6.45) is 3.20. The Morgan fingerprint density at radius 1 is 1.00 bits per heavy atom. The highest BCUT2D eigenvalue weighted by Gasteiger charge is 2.05. The summed E-state index contributed by atoms with van der Waals surface area (Å²) in [4.78, 5) is 3.96. The Balaban J connectivity index is 1.85. The van der Waals surface area contributed by atoms with E-state index in [0.717, 1.165) is 17.0 Å². The van der Waals surface area contributed by atoms with E-state index in [9.17, 15) is 0 Å². The maximum Gasteiger partial charge on any atom is 0.137 e. The fraction of sp³-hybridized carbons (Fsp3) is 0.0625. The van der Waals surface area contributed by atoms with E-state index in [1.807, 2.05) is 60.7 Å². The molecule has 104 valence electrons. The highest BCUT2D eigenvalue weighted by Crippen LogP contribution is 2.08. The molecular formula is C16H15N5. The minimum Gasteiger partial charge on any atom is -0.278 e. The van der Waals surface area contributed by atoms with Gasteiger partial charge in [-0.05, 0) is 17.7 Å². The summed E-state index contributed by atoms with van der Waals surface area (Å²) in [6, 6.07) is 19.9. The second-order valence-electron chi connectivity index (χ2n) is 4.50. The van der Waals surface area contributed by atoms with Crippen molar-refractivity contribution in [2.45, 2.75) is 6.54 Å². The van der Waals surface area contributed by atoms with Crippen LogP contribution in [-0.4, -0.2) is 20.5 Å². The van der Waals surface area contributed by atoms with Crippen molar-refractivity contribution in [1.82, 2.24) is 14.8 Å². The molecule has 3 aromatic rings. The Bertz CT molecular complexity index is 690. The summed E-state index contributed by atoms with van der Waals surface area (Å²) in [5, 5.41) is 8.65. The highest BCUT2D eigenvalue weighted by molar-refractivity contribution is 6.00. The van der Waals surface area contributed by atoms with Crippen LogP contribution < -0.4 is 5.43 Å². The molecule has 0 aliphatic carbocycles. The Labute approximate surface area is 123 Å². The van der Waals surface area contributed by atoms with Gasteiger partial charge in [0.1, 0.15) is 12.7 Å². The van der Waals surface area contributed by atoms with Crippen LogP contribution in [0.25, 0.3) is 0 Å². The van der Waals surface area contributed by atoms with Crippen molar-refractivity contribution < 1.29 is 0 Å². The molecule has 1 aromatic heterocycles. The molecule has 0 atom stereocenters. The third-order valence-electron chi connectivity index (χ3n) is 2.98. The Hall–Kier alpha value is -2.95. The average molecular weight is 277 g/mol. The molecule has 5 heteroatoms. The van der Waals surface area contributed by atoms with Crippen LogP contribution in [0.5, 0.6) is 0 Å². The molecule has 0 saturated carbocycles. The number of aromatic nitrogens is 3. The standard InChI is InChI=1S/C16H15N5/c1-3-7-14(8-4-1)16(11-21-13-17-12-18-21)20-19-15-9-5-2-6-10-15/h1-10,12-13,19H,11H2/b20-16+. The largest absolute Gasteiger partial charge is 0.278 e. The van der Waals surface area contributed by atoms with Crippen LogP contribution in [0, 0.1) is 0 Å². The second-order valence-corrected chi connectivity index (χ2v) is 4.50. The Morgan fingerprint density at radius 3 is 2.38 bits per heavy atom. The van der Waals surface area contributed by atoms with E-state index in [-0.39, 0.29) is 0 Å². The topological polar surface area (TPSA) is 55.1 Å². The lowest BCUT2D eigenvalue weighted by atomic mass is 10.1. The van der Waals surface area contributed by atoms with Gasteiger partial charge in [0.25, 0.3) is 0 Å². The summed E-state index contributed by atoms with van der Waals surface area (Å²) in [6.45, 7) is 0.559. The van der Waals surface area contributed by atoms with E-state index in [4.69, 9.17) is 0 Å². The number of nitrogens with zero attached hydrogens (tertiary/aromatic N) is 4. The van der Waals surface area contributed by atoms with Gasteiger partial charge < -0.3 is 0 Å². The predicted octanol–water partition coefficient (Wildman–Crippen LogP) is 2.79. The molecule has 0 amide bonds. The number of anilines is 1. The summed E-state index contributed by atoms with van der Waals surface area (Å²) >= 11 is 0. The lowest BCUT2D eigenvalue weighted by Crippen LogP contribution is -2.14. The van der Waals surface area contributed by atoms with Gasteiger partial charge in [0.15, 0.2) is 0 Å². The zero-order chi connectivity index (χ0) is 14.3. The fourth-order valence-electron chi connectivity index (χ4n) is 1.93. The van der Waals surface area contributed by atoms with Gasteiger partial charge in [0.05, 0.1) is 17.9 Å². The molecule has 0 saturated heterocycles. The van der Waals surface area contributed by atoms with Crippen LogP contribution in [-0.2, 0) is 6.54 Å². The normalized spacial score (nSPS) is 11.3. The van der Waals surface area contributed by atoms with Crippen LogP contribution in [0.1, 0.15) is 5.56 Å². The average Bonchev–Trinajstić information content (AvgIpc) is 3.06. The van der Waals surface area contributed by atoms with Crippen LogP contribution in [0.3, 0.4) is 0 Å². The van der Waals surface area contributed by atoms with E-state index in [2.05, 4.69) is 20.6 Å². The zero-order valence-corrected chi connectivity index (χ0v) is 11.4. The van der Waals surface area contributed by atoms with Crippen molar-refractivity contribution in [3.63, 3.8) is 0 Å². The first-order valence-corrected chi connectivity index (χ1v) is 6.67. The molecule has 0 aliphatic heterocycles. The number of hydrogen-bond donors (Lipinski definition) is 1. The number of nitrogens with one attached hydrogen (secondary N) is 1. The minimum absolute atomic E-state index is 0.559. The summed E-state index contributed by atoms with van der Waals surface area (Å²) in [7, 11) is 0. The first-order valence-electron chi connectivity index (χ1n) is 6.67. The molecule has 5 nitrogen and oxygen atoms in total. The Kier molecular flexibility index (Phi) is 4.02. The van der Waals surface area contributed by atoms with Crippen molar-refractivity contribution >= 4 is 11.4 Å². The molecule has 0 unspecified atom stereocenters. The zero-order valence-electron chi connectivity index (χ0n) is 11.4. The van der Waals surface area contributed by atoms with Gasteiger partial charge in [0, 0.05) is 0 Å². The summed E-state index contributed by atoms with van der Waals surface area (Å²) in [5.74, 6) is 0. The highest BCUT2D eigenvalue weighted by atomic mass is 15.3. The van der Waals surface area contributed by atoms with Crippen LogP contribution in [0.2, 0.25) is 0 Å². The molecule has 0 aliphatic rings. The van der Waals surface area contributed by atoms with Crippen LogP contribution in [0.4, 0.5) is 5.69 Å². The lowest BCUT2D eigenvalue weighted by Gasteiger charge is -2.08. The molecule has 0 fully saturated rings. The molecule has 2 aromatic carbocycles. The minimum atomic E-state index is 0.559. The third kappa shape index (κ3) is 3.54. The molecule has 21 heavy (non-hydrogen) atoms. The van der Waals surface area contributed by atoms with Crippen molar-refractivity contribution in [3.8, 4) is 0 Å². The number of rotatable bonds is 5. The molecule has 0 spiro atoms. The Morgan fingerprint density at radius 2 is 1.71 bits per heavy atom. The van der Waals surface area contributed by atoms with Crippen LogP contribution >= 0.6 is 0 Å². The van der Waals surface area contributed by atoms with Crippen LogP contribution in [0.15, 0.2) is 78.4 Å². The van der Waals surface area contributed by atoms with E-state index in [1.165, 1.54) is 6.33 Å². The maximum atomic E-state index is 4.52. The molecule has 3 rings (SSSR count). The molecule has 0 bridgehead atoms. The molecular weight excluding hydrogens is 262 g/mol. The number of para-hydroxylation sites is 1. The van der Waals surface area contributed by atoms with Gasteiger partial charge >= 0.3 is 0 Å². The van der Waals surface area contributed by atoms with Gasteiger partial charge in [0.2, 0.25) is 0 Å². The second kappa shape index (κ2) is 6.47. The molecule has 0 radical (unpaired) electrons. The van der Waals surface area contributed by atoms with Gasteiger partial charge in [-0.3, -0.25) is 5.43 Å². The van der Waals surface area contributed by atoms with E-state index >= 15 is 0 Å². The van der Waals surface area contributed by atoms with Gasteiger partial charge in [-0.1, -0.05) is 48.5 Å². The maximum absolute atomic E-state index is 4.52. The lowest BCUT2D eigenvalue weighted by molar-refractivity contribution is 0.721. The van der Waals surface area contributed by atoms with Crippen molar-refractivity contribution in [2.75, 3.05) is 5.43 Å². The predicted molar refractivity (Wildman–Crippen MR) is 83.1 cm³/mol. The molecule has 1 heterocycles. The van der Waals surface area contributed by atoms with Crippen molar-refractivity contribution in [1.29, 1.82) is 0 Å². The van der Waals surface area contributed by atoms with Crippen molar-refractivity contribution in [2.24, 2.45) is 5.10 Å². The smallest absolute Gasteiger partial charge is 0.137 e. The fourth-order valence-corrected chi connectivity index (χ4v) is 1.93. The van der Waals surface area contributed by atoms with E-state index in [1.54, 1.807) is 11.0 Å².